The Morgan fingerprint density at radius 1 is 1.20 bits per heavy atom. The van der Waals surface area contributed by atoms with E-state index >= 15 is 0 Å². The van der Waals surface area contributed by atoms with Gasteiger partial charge in [-0.1, -0.05) is 18.2 Å². The summed E-state index contributed by atoms with van der Waals surface area (Å²) in [6, 6.07) is 11.7. The van der Waals surface area contributed by atoms with E-state index in [2.05, 4.69) is 5.32 Å². The minimum atomic E-state index is 0.0923. The highest BCUT2D eigenvalue weighted by molar-refractivity contribution is 7.14. The summed E-state index contributed by atoms with van der Waals surface area (Å²) < 4.78 is 0. The molecule has 0 saturated heterocycles. The van der Waals surface area contributed by atoms with Gasteiger partial charge in [0.2, 0.25) is 0 Å². The van der Waals surface area contributed by atoms with Crippen molar-refractivity contribution < 1.29 is 4.79 Å². The van der Waals surface area contributed by atoms with E-state index in [0.717, 1.165) is 16.3 Å². The predicted octanol–water partition coefficient (Wildman–Crippen LogP) is 3.69. The first-order valence-corrected chi connectivity index (χ1v) is 5.56. The van der Waals surface area contributed by atoms with Crippen LogP contribution in [0.25, 0.3) is 0 Å². The largest absolute Gasteiger partial charge is 0.347 e. The van der Waals surface area contributed by atoms with Gasteiger partial charge in [-0.05, 0) is 30.5 Å². The summed E-state index contributed by atoms with van der Waals surface area (Å²) in [5.41, 5.74) is 1.76. The molecule has 0 amide bonds. The van der Waals surface area contributed by atoms with Crippen LogP contribution in [0, 0.1) is 0 Å². The number of hydrogen-bond donors (Lipinski definition) is 1. The van der Waals surface area contributed by atoms with Crippen molar-refractivity contribution >= 4 is 27.8 Å². The molecule has 0 bridgehead atoms. The minimum absolute atomic E-state index is 0.0923. The number of benzene rings is 1. The molecule has 0 aliphatic rings. The van der Waals surface area contributed by atoms with Crippen LogP contribution >= 0.6 is 11.3 Å². The molecular weight excluding hydrogens is 206 g/mol. The highest BCUT2D eigenvalue weighted by atomic mass is 32.1. The van der Waals surface area contributed by atoms with Gasteiger partial charge in [-0.15, -0.1) is 11.3 Å². The number of Topliss-reactive ketones (excluding diaryl/α,β-unsaturated/α-hetero) is 1. The maximum absolute atomic E-state index is 11.3. The molecule has 2 aromatic rings. The van der Waals surface area contributed by atoms with Crippen LogP contribution in [0.2, 0.25) is 0 Å². The quantitative estimate of drug-likeness (QED) is 0.794. The fraction of sp³-hybridized carbons (Fsp3) is 0.0833. The second-order valence-corrected chi connectivity index (χ2v) is 4.13. The summed E-state index contributed by atoms with van der Waals surface area (Å²) in [4.78, 5) is 11.3. The Labute approximate surface area is 92.6 Å². The van der Waals surface area contributed by atoms with Gasteiger partial charge in [-0.25, -0.2) is 0 Å². The standard InChI is InChI=1S/C12H11NOS/c1-9(14)11-7-8-15-12(11)13-10-5-3-2-4-6-10/h2-8,13H,1H3. The summed E-state index contributed by atoms with van der Waals surface area (Å²) in [6.07, 6.45) is 0. The lowest BCUT2D eigenvalue weighted by Crippen LogP contribution is -1.95. The molecule has 0 atom stereocenters. The van der Waals surface area contributed by atoms with Crippen molar-refractivity contribution in [1.82, 2.24) is 0 Å². The number of ketones is 1. The van der Waals surface area contributed by atoms with Crippen molar-refractivity contribution in [3.63, 3.8) is 0 Å². The Morgan fingerprint density at radius 2 is 1.93 bits per heavy atom. The van der Waals surface area contributed by atoms with Gasteiger partial charge in [0, 0.05) is 5.69 Å². The first-order valence-electron chi connectivity index (χ1n) is 4.68. The zero-order valence-corrected chi connectivity index (χ0v) is 9.17. The van der Waals surface area contributed by atoms with Gasteiger partial charge in [0.1, 0.15) is 5.00 Å². The van der Waals surface area contributed by atoms with Crippen LogP contribution in [-0.4, -0.2) is 5.78 Å². The molecule has 76 valence electrons. The summed E-state index contributed by atoms with van der Waals surface area (Å²) in [5, 5.41) is 6.06. The van der Waals surface area contributed by atoms with E-state index in [1.165, 1.54) is 0 Å². The lowest BCUT2D eigenvalue weighted by molar-refractivity contribution is 0.101. The Hall–Kier alpha value is -1.61. The summed E-state index contributed by atoms with van der Waals surface area (Å²) in [5.74, 6) is 0.0923. The highest BCUT2D eigenvalue weighted by Crippen LogP contribution is 2.27. The Balaban J connectivity index is 2.25. The van der Waals surface area contributed by atoms with Gasteiger partial charge < -0.3 is 5.32 Å². The molecule has 0 aliphatic heterocycles. The van der Waals surface area contributed by atoms with Gasteiger partial charge in [0.15, 0.2) is 5.78 Å². The van der Waals surface area contributed by atoms with E-state index in [0.29, 0.717) is 0 Å². The van der Waals surface area contributed by atoms with Crippen LogP contribution in [0.15, 0.2) is 41.8 Å². The van der Waals surface area contributed by atoms with Crippen molar-refractivity contribution in [3.8, 4) is 0 Å². The first-order chi connectivity index (χ1) is 7.27. The zero-order valence-electron chi connectivity index (χ0n) is 8.36. The number of carbonyl (C=O) groups is 1. The Bertz CT molecular complexity index is 461. The highest BCUT2D eigenvalue weighted by Gasteiger charge is 2.07. The molecular formula is C12H11NOS. The van der Waals surface area contributed by atoms with E-state index in [4.69, 9.17) is 0 Å². The monoisotopic (exact) mass is 217 g/mol. The number of anilines is 2. The van der Waals surface area contributed by atoms with Crippen LogP contribution in [0.3, 0.4) is 0 Å². The molecule has 0 saturated carbocycles. The normalized spacial score (nSPS) is 9.93. The molecule has 0 aliphatic carbocycles. The third-order valence-corrected chi connectivity index (χ3v) is 2.91. The van der Waals surface area contributed by atoms with Gasteiger partial charge in [0.25, 0.3) is 0 Å². The van der Waals surface area contributed by atoms with E-state index in [1.807, 2.05) is 41.8 Å². The summed E-state index contributed by atoms with van der Waals surface area (Å²) >= 11 is 1.54. The molecule has 1 heterocycles. The topological polar surface area (TPSA) is 29.1 Å². The molecule has 3 heteroatoms. The van der Waals surface area contributed by atoms with E-state index in [-0.39, 0.29) is 5.78 Å². The van der Waals surface area contributed by atoms with Crippen LogP contribution in [-0.2, 0) is 0 Å². The molecule has 0 fully saturated rings. The fourth-order valence-electron chi connectivity index (χ4n) is 1.34. The third kappa shape index (κ3) is 2.25. The van der Waals surface area contributed by atoms with Crippen LogP contribution in [0.4, 0.5) is 10.7 Å². The lowest BCUT2D eigenvalue weighted by atomic mass is 10.2. The van der Waals surface area contributed by atoms with Crippen molar-refractivity contribution in [2.75, 3.05) is 5.32 Å². The number of para-hydroxylation sites is 1. The number of carbonyl (C=O) groups excluding carboxylic acids is 1. The number of thiophene rings is 1. The lowest BCUT2D eigenvalue weighted by Gasteiger charge is -2.04. The van der Waals surface area contributed by atoms with Crippen LogP contribution in [0.5, 0.6) is 0 Å². The second kappa shape index (κ2) is 4.28. The van der Waals surface area contributed by atoms with Crippen molar-refractivity contribution in [2.45, 2.75) is 6.92 Å². The Kier molecular flexibility index (Phi) is 2.83. The molecule has 1 aromatic heterocycles. The number of hydrogen-bond acceptors (Lipinski definition) is 3. The molecule has 15 heavy (non-hydrogen) atoms. The predicted molar refractivity (Wildman–Crippen MR) is 64.0 cm³/mol. The molecule has 0 radical (unpaired) electrons. The summed E-state index contributed by atoms with van der Waals surface area (Å²) in [6.45, 7) is 1.58. The van der Waals surface area contributed by atoms with Crippen LogP contribution < -0.4 is 5.32 Å². The zero-order chi connectivity index (χ0) is 10.7. The average Bonchev–Trinajstić information content (AvgIpc) is 2.67. The molecule has 2 rings (SSSR count). The smallest absolute Gasteiger partial charge is 0.162 e. The van der Waals surface area contributed by atoms with Gasteiger partial charge in [-0.3, -0.25) is 4.79 Å². The maximum atomic E-state index is 11.3. The molecule has 1 N–H and O–H groups in total. The average molecular weight is 217 g/mol. The molecule has 1 aromatic carbocycles. The van der Waals surface area contributed by atoms with E-state index in [1.54, 1.807) is 18.3 Å². The number of nitrogens with one attached hydrogen (secondary N) is 1. The summed E-state index contributed by atoms with van der Waals surface area (Å²) in [7, 11) is 0. The molecule has 0 spiro atoms. The van der Waals surface area contributed by atoms with Crippen molar-refractivity contribution in [2.24, 2.45) is 0 Å². The van der Waals surface area contributed by atoms with E-state index < -0.39 is 0 Å². The van der Waals surface area contributed by atoms with Crippen molar-refractivity contribution in [3.05, 3.63) is 47.3 Å². The van der Waals surface area contributed by atoms with E-state index in [9.17, 15) is 4.79 Å². The van der Waals surface area contributed by atoms with Crippen LogP contribution in [0.1, 0.15) is 17.3 Å². The third-order valence-electron chi connectivity index (χ3n) is 2.08. The Morgan fingerprint density at radius 3 is 2.60 bits per heavy atom. The van der Waals surface area contributed by atoms with Gasteiger partial charge in [-0.2, -0.15) is 0 Å². The van der Waals surface area contributed by atoms with Crippen molar-refractivity contribution in [1.29, 1.82) is 0 Å². The SMILES string of the molecule is CC(=O)c1ccsc1Nc1ccccc1. The van der Waals surface area contributed by atoms with Gasteiger partial charge >= 0.3 is 0 Å². The first kappa shape index (κ1) is 9.93. The second-order valence-electron chi connectivity index (χ2n) is 3.21. The fourth-order valence-corrected chi connectivity index (χ4v) is 2.19. The minimum Gasteiger partial charge on any atom is -0.347 e. The number of rotatable bonds is 3. The molecule has 2 nitrogen and oxygen atoms in total. The maximum Gasteiger partial charge on any atom is 0.162 e. The van der Waals surface area contributed by atoms with Gasteiger partial charge in [0.05, 0.1) is 5.56 Å². The molecule has 0 unspecified atom stereocenters.